The first kappa shape index (κ1) is 18.2. The number of methoxy groups -OCH3 is 3. The summed E-state index contributed by atoms with van der Waals surface area (Å²) in [5.41, 5.74) is 2.20. The molecule has 0 spiro atoms. The molecule has 0 saturated carbocycles. The van der Waals surface area contributed by atoms with E-state index < -0.39 is 11.9 Å². The summed E-state index contributed by atoms with van der Waals surface area (Å²) in [7, 11) is 4.24. The van der Waals surface area contributed by atoms with E-state index >= 15 is 0 Å². The molecule has 21 heavy (non-hydrogen) atoms. The highest BCUT2D eigenvalue weighted by Gasteiger charge is 2.48. The zero-order valence-corrected chi connectivity index (χ0v) is 14.7. The van der Waals surface area contributed by atoms with E-state index in [1.807, 2.05) is 13.0 Å². The lowest BCUT2D eigenvalue weighted by Gasteiger charge is -2.39. The second-order valence-corrected chi connectivity index (χ2v) is 5.49. The Bertz CT molecular complexity index is 480. The van der Waals surface area contributed by atoms with E-state index in [9.17, 15) is 10.2 Å². The minimum absolute atomic E-state index is 0.0119. The van der Waals surface area contributed by atoms with Gasteiger partial charge in [0.2, 0.25) is 5.79 Å². The molecule has 0 saturated heterocycles. The summed E-state index contributed by atoms with van der Waals surface area (Å²) >= 11 is 3.37. The molecule has 2 unspecified atom stereocenters. The summed E-state index contributed by atoms with van der Waals surface area (Å²) in [5, 5.41) is 21.9. The fraction of sp³-hybridized carbons (Fsp3) is 0.600. The molecular formula is C15H23BrO5. The van der Waals surface area contributed by atoms with Crippen LogP contribution in [0, 0.1) is 0 Å². The molecule has 0 radical (unpaired) electrons. The highest BCUT2D eigenvalue weighted by molar-refractivity contribution is 9.09. The van der Waals surface area contributed by atoms with E-state index in [1.54, 1.807) is 6.92 Å². The monoisotopic (exact) mass is 362 g/mol. The Morgan fingerprint density at radius 1 is 1.38 bits per heavy atom. The molecule has 6 heteroatoms. The van der Waals surface area contributed by atoms with Gasteiger partial charge in [-0.1, -0.05) is 27.6 Å². The molecule has 1 rings (SSSR count). The van der Waals surface area contributed by atoms with E-state index in [2.05, 4.69) is 15.9 Å². The number of aliphatic hydroxyl groups is 2. The first-order chi connectivity index (χ1) is 9.87. The topological polar surface area (TPSA) is 68.2 Å². The average Bonchev–Trinajstić information content (AvgIpc) is 2.49. The van der Waals surface area contributed by atoms with Crippen LogP contribution in [0.15, 0.2) is 34.3 Å². The van der Waals surface area contributed by atoms with Crippen LogP contribution in [-0.4, -0.2) is 48.8 Å². The van der Waals surface area contributed by atoms with Gasteiger partial charge in [0.05, 0.1) is 7.11 Å². The van der Waals surface area contributed by atoms with Crippen molar-refractivity contribution in [3.63, 3.8) is 0 Å². The molecule has 0 aromatic rings. The second kappa shape index (κ2) is 7.45. The molecule has 0 amide bonds. The Morgan fingerprint density at radius 3 is 2.43 bits per heavy atom. The summed E-state index contributed by atoms with van der Waals surface area (Å²) in [6.45, 7) is 3.69. The highest BCUT2D eigenvalue weighted by atomic mass is 79.9. The number of rotatable bonds is 6. The number of halogens is 1. The van der Waals surface area contributed by atoms with Crippen molar-refractivity contribution >= 4 is 15.9 Å². The quantitative estimate of drug-likeness (QED) is 0.432. The molecule has 0 heterocycles. The Balaban J connectivity index is 3.37. The van der Waals surface area contributed by atoms with Crippen LogP contribution in [0.4, 0.5) is 0 Å². The van der Waals surface area contributed by atoms with Gasteiger partial charge < -0.3 is 24.4 Å². The van der Waals surface area contributed by atoms with Gasteiger partial charge in [0.1, 0.15) is 0 Å². The molecule has 2 N–H and O–H groups in total. The summed E-state index contributed by atoms with van der Waals surface area (Å²) in [4.78, 5) is 0. The van der Waals surface area contributed by atoms with Gasteiger partial charge in [-0.3, -0.25) is 0 Å². The van der Waals surface area contributed by atoms with Crippen molar-refractivity contribution in [2.45, 2.75) is 32.2 Å². The lowest BCUT2D eigenvalue weighted by Crippen LogP contribution is -2.50. The van der Waals surface area contributed by atoms with Gasteiger partial charge in [-0.05, 0) is 25.8 Å². The molecule has 0 aromatic carbocycles. The maximum absolute atomic E-state index is 10.8. The fourth-order valence-corrected chi connectivity index (χ4v) is 2.58. The lowest BCUT2D eigenvalue weighted by atomic mass is 9.86. The van der Waals surface area contributed by atoms with Gasteiger partial charge in [-0.15, -0.1) is 0 Å². The van der Waals surface area contributed by atoms with E-state index in [1.165, 1.54) is 21.3 Å². The molecule has 0 aliphatic heterocycles. The first-order valence-corrected chi connectivity index (χ1v) is 7.69. The Kier molecular flexibility index (Phi) is 6.46. The van der Waals surface area contributed by atoms with Crippen molar-refractivity contribution in [1.29, 1.82) is 0 Å². The van der Waals surface area contributed by atoms with Gasteiger partial charge in [-0.2, -0.15) is 0 Å². The van der Waals surface area contributed by atoms with Crippen molar-refractivity contribution in [3.8, 4) is 0 Å². The Labute approximate surface area is 134 Å². The maximum atomic E-state index is 10.8. The smallest absolute Gasteiger partial charge is 0.223 e. The van der Waals surface area contributed by atoms with Crippen LogP contribution in [0.2, 0.25) is 0 Å². The van der Waals surface area contributed by atoms with Gasteiger partial charge in [0, 0.05) is 25.1 Å². The van der Waals surface area contributed by atoms with Crippen molar-refractivity contribution in [2.24, 2.45) is 0 Å². The number of hydrogen-bond donors (Lipinski definition) is 2. The van der Waals surface area contributed by atoms with Gasteiger partial charge in [0.25, 0.3) is 0 Å². The van der Waals surface area contributed by atoms with Gasteiger partial charge in [-0.25, -0.2) is 0 Å². The van der Waals surface area contributed by atoms with Crippen LogP contribution in [0.5, 0.6) is 0 Å². The molecule has 1 aliphatic carbocycles. The van der Waals surface area contributed by atoms with Crippen LogP contribution >= 0.6 is 15.9 Å². The summed E-state index contributed by atoms with van der Waals surface area (Å²) in [6, 6.07) is 0. The summed E-state index contributed by atoms with van der Waals surface area (Å²) in [6.07, 6.45) is 1.52. The molecule has 0 aromatic heterocycles. The zero-order valence-electron chi connectivity index (χ0n) is 13.1. The number of allylic oxidation sites excluding steroid dienone is 3. The average molecular weight is 363 g/mol. The minimum Gasteiger partial charge on any atom is -0.504 e. The molecule has 0 fully saturated rings. The molecule has 1 aliphatic rings. The van der Waals surface area contributed by atoms with Gasteiger partial charge in [0.15, 0.2) is 17.6 Å². The normalized spacial score (nSPS) is 27.4. The standard InChI is InChI=1S/C15H23BrO5/c1-9(8-16)6-7-11-10(2)15(18,21-5)14(20-4)13(19-3)12(11)17/h6,14,17-18H,7-8H2,1-5H3. The SMILES string of the molecule is COC1=C(O)C(CC=C(C)CBr)=C(C)C(O)(OC)C1OC. The third-order valence-corrected chi connectivity index (χ3v) is 4.62. The van der Waals surface area contributed by atoms with E-state index in [-0.39, 0.29) is 11.5 Å². The molecule has 120 valence electrons. The third kappa shape index (κ3) is 3.34. The van der Waals surface area contributed by atoms with E-state index in [0.29, 0.717) is 17.6 Å². The molecule has 5 nitrogen and oxygen atoms in total. The van der Waals surface area contributed by atoms with Crippen LogP contribution in [0.3, 0.4) is 0 Å². The van der Waals surface area contributed by atoms with Crippen molar-refractivity contribution < 1.29 is 24.4 Å². The lowest BCUT2D eigenvalue weighted by molar-refractivity contribution is -0.224. The molecular weight excluding hydrogens is 340 g/mol. The highest BCUT2D eigenvalue weighted by Crippen LogP contribution is 2.40. The number of aliphatic hydroxyl groups excluding tert-OH is 1. The zero-order chi connectivity index (χ0) is 16.2. The van der Waals surface area contributed by atoms with Crippen LogP contribution in [0.25, 0.3) is 0 Å². The summed E-state index contributed by atoms with van der Waals surface area (Å²) in [5.74, 6) is -1.52. The van der Waals surface area contributed by atoms with Crippen LogP contribution in [-0.2, 0) is 14.2 Å². The third-order valence-electron chi connectivity index (χ3n) is 3.73. The number of ether oxygens (including phenoxy) is 3. The van der Waals surface area contributed by atoms with Crippen molar-refractivity contribution in [3.05, 3.63) is 34.3 Å². The van der Waals surface area contributed by atoms with Crippen LogP contribution in [0.1, 0.15) is 20.3 Å². The molecule has 2 atom stereocenters. The largest absolute Gasteiger partial charge is 0.504 e. The first-order valence-electron chi connectivity index (χ1n) is 6.56. The summed E-state index contributed by atoms with van der Waals surface area (Å²) < 4.78 is 15.7. The predicted octanol–water partition coefficient (Wildman–Crippen LogP) is 2.81. The van der Waals surface area contributed by atoms with E-state index in [4.69, 9.17) is 14.2 Å². The number of hydrogen-bond acceptors (Lipinski definition) is 5. The van der Waals surface area contributed by atoms with Crippen molar-refractivity contribution in [1.82, 2.24) is 0 Å². The Hall–Kier alpha value is -0.820. The molecule has 0 bridgehead atoms. The van der Waals surface area contributed by atoms with E-state index in [0.717, 1.165) is 10.9 Å². The second-order valence-electron chi connectivity index (χ2n) is 4.93. The van der Waals surface area contributed by atoms with Gasteiger partial charge >= 0.3 is 0 Å². The minimum atomic E-state index is -1.67. The van der Waals surface area contributed by atoms with Crippen molar-refractivity contribution in [2.75, 3.05) is 26.7 Å². The maximum Gasteiger partial charge on any atom is 0.223 e. The number of alkyl halides is 1. The Morgan fingerprint density at radius 2 is 2.00 bits per heavy atom. The fourth-order valence-electron chi connectivity index (χ4n) is 2.35. The van der Waals surface area contributed by atoms with Crippen LogP contribution < -0.4 is 0 Å². The predicted molar refractivity (Wildman–Crippen MR) is 84.3 cm³/mol.